The average molecular weight is 1010 g/mol. The third-order valence-corrected chi connectivity index (χ3v) is 10.4. The summed E-state index contributed by atoms with van der Waals surface area (Å²) in [6, 6.07) is 37.0. The van der Waals surface area contributed by atoms with Crippen LogP contribution in [0.5, 0.6) is 0 Å². The van der Waals surface area contributed by atoms with Crippen LogP contribution in [0.3, 0.4) is 0 Å². The van der Waals surface area contributed by atoms with Crippen LogP contribution < -0.4 is 5.73 Å². The molecule has 2 atom stereocenters. The third kappa shape index (κ3) is 10.9. The summed E-state index contributed by atoms with van der Waals surface area (Å²) in [6.45, 7) is 5.63. The highest BCUT2D eigenvalue weighted by atomic mass is 127. The number of hydrogen-bond acceptors (Lipinski definition) is 6. The Morgan fingerprint density at radius 1 is 0.821 bits per heavy atom. The van der Waals surface area contributed by atoms with Crippen LogP contribution in [0.4, 0.5) is 8.78 Å². The second-order valence-electron chi connectivity index (χ2n) is 12.8. The van der Waals surface area contributed by atoms with Crippen molar-refractivity contribution in [2.24, 2.45) is 15.1 Å². The highest BCUT2D eigenvalue weighted by molar-refractivity contribution is 14.0. The van der Waals surface area contributed by atoms with Crippen molar-refractivity contribution in [2.75, 3.05) is 0 Å². The quantitative estimate of drug-likeness (QED) is 0.136. The summed E-state index contributed by atoms with van der Waals surface area (Å²) in [5.41, 5.74) is 10.7. The second kappa shape index (κ2) is 20.6. The van der Waals surface area contributed by atoms with Gasteiger partial charge in [0.15, 0.2) is 0 Å². The average Bonchev–Trinajstić information content (AvgIpc) is 3.47. The highest BCUT2D eigenvalue weighted by Crippen LogP contribution is 2.46. The first-order valence-corrected chi connectivity index (χ1v) is 19.2. The molecule has 0 radical (unpaired) electrons. The van der Waals surface area contributed by atoms with Gasteiger partial charge in [-0.1, -0.05) is 106 Å². The number of amidine groups is 1. The maximum absolute atomic E-state index is 14.7. The topological polar surface area (TPSA) is 117 Å². The minimum absolute atomic E-state index is 0. The molecule has 7 rings (SSSR count). The summed E-state index contributed by atoms with van der Waals surface area (Å²) in [5.74, 6) is -0.296. The summed E-state index contributed by atoms with van der Waals surface area (Å²) in [4.78, 5) is 12.1. The van der Waals surface area contributed by atoms with E-state index < -0.39 is 27.1 Å². The number of nitrogens with zero attached hydrogens (tertiary/aromatic N) is 5. The molecule has 1 aliphatic heterocycles. The van der Waals surface area contributed by atoms with E-state index in [2.05, 4.69) is 52.3 Å². The molecular formula is C43H39Br2F2IN6OS. The van der Waals surface area contributed by atoms with Crippen molar-refractivity contribution in [3.8, 4) is 6.07 Å². The molecule has 0 amide bonds. The molecule has 7 nitrogen and oxygen atoms in total. The molecule has 0 bridgehead atoms. The van der Waals surface area contributed by atoms with Gasteiger partial charge in [0.25, 0.3) is 0 Å². The zero-order valence-electron chi connectivity index (χ0n) is 29.8. The number of aromatic nitrogens is 2. The fraction of sp³-hybridized carbons (Fsp3) is 0.140. The van der Waals surface area contributed by atoms with Crippen LogP contribution in [0, 0.1) is 23.0 Å². The van der Waals surface area contributed by atoms with E-state index in [1.165, 1.54) is 24.7 Å². The van der Waals surface area contributed by atoms with E-state index in [0.717, 1.165) is 31.2 Å². The van der Waals surface area contributed by atoms with E-state index in [9.17, 15) is 18.3 Å². The van der Waals surface area contributed by atoms with Crippen LogP contribution in [-0.4, -0.2) is 30.5 Å². The molecule has 0 fully saturated rings. The number of pyridine rings is 2. The molecule has 4 aromatic carbocycles. The highest BCUT2D eigenvalue weighted by Gasteiger charge is 2.44. The fourth-order valence-electron chi connectivity index (χ4n) is 5.53. The van der Waals surface area contributed by atoms with Crippen LogP contribution in [-0.2, 0) is 16.5 Å². The summed E-state index contributed by atoms with van der Waals surface area (Å²) < 4.78 is 44.9. The third-order valence-electron chi connectivity index (χ3n) is 8.01. The van der Waals surface area contributed by atoms with Crippen molar-refractivity contribution in [3.63, 3.8) is 0 Å². The number of rotatable bonds is 5. The Bertz CT molecular complexity index is 2400. The lowest BCUT2D eigenvalue weighted by molar-refractivity contribution is 0.555. The Hall–Kier alpha value is -4.49. The smallest absolute Gasteiger partial charge is 0.147 e. The zero-order chi connectivity index (χ0) is 38.9. The minimum atomic E-state index is -1.42. The summed E-state index contributed by atoms with van der Waals surface area (Å²) in [5, 5.41) is 9.37. The molecule has 56 heavy (non-hydrogen) atoms. The lowest BCUT2D eigenvalue weighted by Crippen LogP contribution is -2.27. The number of aliphatic imine (C=N–C) groups is 1. The first-order chi connectivity index (χ1) is 25.8. The summed E-state index contributed by atoms with van der Waals surface area (Å²) >= 11 is 6.94. The summed E-state index contributed by atoms with van der Waals surface area (Å²) in [7, 11) is -1.42. The maximum Gasteiger partial charge on any atom is 0.147 e. The van der Waals surface area contributed by atoms with E-state index >= 15 is 0 Å². The Morgan fingerprint density at radius 2 is 1.48 bits per heavy atom. The van der Waals surface area contributed by atoms with Gasteiger partial charge in [-0.05, 0) is 80.4 Å². The summed E-state index contributed by atoms with van der Waals surface area (Å²) in [6.07, 6.45) is 5.48. The van der Waals surface area contributed by atoms with E-state index in [1.54, 1.807) is 30.5 Å². The molecule has 0 saturated carbocycles. The van der Waals surface area contributed by atoms with Gasteiger partial charge >= 0.3 is 0 Å². The molecule has 0 spiro atoms. The normalized spacial score (nSPS) is 14.8. The first kappa shape index (κ1) is 45.9. The van der Waals surface area contributed by atoms with E-state index in [0.29, 0.717) is 28.2 Å². The molecule has 13 heteroatoms. The van der Waals surface area contributed by atoms with Crippen molar-refractivity contribution in [2.45, 2.75) is 38.5 Å². The van der Waals surface area contributed by atoms with Crippen LogP contribution >= 0.6 is 55.8 Å². The first-order valence-electron chi connectivity index (χ1n) is 16.5. The SMILES string of the molecule is C.CC(C)(C)S(=O)N=C(c1cccc(Br)c1)c1ccccc1C#N.Fc1cccnc1.I.NC1=NC(c2cccc(Br)c2)(c2ccncc2F)c2ccccc21. The van der Waals surface area contributed by atoms with Gasteiger partial charge in [0.1, 0.15) is 34.0 Å². The van der Waals surface area contributed by atoms with Crippen molar-refractivity contribution in [3.05, 3.63) is 200 Å². The predicted octanol–water partition coefficient (Wildman–Crippen LogP) is 11.1. The van der Waals surface area contributed by atoms with Crippen molar-refractivity contribution < 1.29 is 13.0 Å². The van der Waals surface area contributed by atoms with E-state index in [1.807, 2.05) is 106 Å². The van der Waals surface area contributed by atoms with Gasteiger partial charge in [0.2, 0.25) is 0 Å². The molecule has 288 valence electrons. The number of halogens is 5. The molecule has 1 aliphatic rings. The molecule has 2 N–H and O–H groups in total. The molecule has 0 saturated heterocycles. The van der Waals surface area contributed by atoms with Gasteiger partial charge in [-0.2, -0.15) is 9.66 Å². The number of fused-ring (bicyclic) bond motifs is 1. The van der Waals surface area contributed by atoms with Gasteiger partial charge in [-0.3, -0.25) is 9.97 Å². The van der Waals surface area contributed by atoms with E-state index in [-0.39, 0.29) is 37.2 Å². The monoisotopic (exact) mass is 1010 g/mol. The minimum Gasteiger partial charge on any atom is -0.383 e. The Labute approximate surface area is 363 Å². The fourth-order valence-corrected chi connectivity index (χ4v) is 6.97. The van der Waals surface area contributed by atoms with Crippen LogP contribution in [0.25, 0.3) is 0 Å². The predicted molar refractivity (Wildman–Crippen MR) is 241 cm³/mol. The van der Waals surface area contributed by atoms with Gasteiger partial charge in [-0.25, -0.2) is 18.0 Å². The van der Waals surface area contributed by atoms with E-state index in [4.69, 9.17) is 10.7 Å². The van der Waals surface area contributed by atoms with Gasteiger partial charge < -0.3 is 5.73 Å². The molecule has 3 heterocycles. The lowest BCUT2D eigenvalue weighted by atomic mass is 9.78. The number of nitriles is 1. The molecule has 2 aromatic heterocycles. The van der Waals surface area contributed by atoms with Gasteiger partial charge in [0.05, 0.1) is 34.5 Å². The maximum atomic E-state index is 14.7. The van der Waals surface area contributed by atoms with Crippen molar-refractivity contribution in [1.82, 2.24) is 9.97 Å². The Morgan fingerprint density at radius 3 is 2.09 bits per heavy atom. The molecular weight excluding hydrogens is 973 g/mol. The standard InChI is InChI=1S/C19H13BrFN3.C18H17BrN2OS.C5H4FN.CH4.HI/c20-13-5-3-4-12(10-13)19(16-8-9-23-11-17(16)21)15-7-2-1-6-14(15)18(22)24-19;1-18(2,3)23(22)21-17(13-8-6-9-15(19)11-13)16-10-5-4-7-14(16)12-20;6-5-2-1-3-7-4-5;;/h1-11H,(H2,22,24);4-11H,1-3H3;1-4H;1H4;1H. The second-order valence-corrected chi connectivity index (χ2v) is 16.5. The molecule has 2 unspecified atom stereocenters. The van der Waals surface area contributed by atoms with Gasteiger partial charge in [0, 0.05) is 43.6 Å². The number of nitrogens with two attached hydrogens (primary N) is 1. The van der Waals surface area contributed by atoms with Crippen molar-refractivity contribution >= 4 is 78.4 Å². The number of hydrogen-bond donors (Lipinski definition) is 1. The van der Waals surface area contributed by atoms with Crippen LogP contribution in [0.15, 0.2) is 158 Å². The van der Waals surface area contributed by atoms with Crippen LogP contribution in [0.2, 0.25) is 0 Å². The Kier molecular flexibility index (Phi) is 16.9. The van der Waals surface area contributed by atoms with Crippen LogP contribution in [0.1, 0.15) is 67.1 Å². The molecule has 0 aliphatic carbocycles. The molecule has 6 aromatic rings. The number of benzene rings is 4. The Balaban J connectivity index is 0.000000249. The van der Waals surface area contributed by atoms with Gasteiger partial charge in [-0.15, -0.1) is 24.0 Å². The van der Waals surface area contributed by atoms with Crippen molar-refractivity contribution in [1.29, 1.82) is 5.26 Å². The largest absolute Gasteiger partial charge is 0.383 e. The zero-order valence-corrected chi connectivity index (χ0v) is 36.1. The lowest BCUT2D eigenvalue weighted by Gasteiger charge is -2.29.